The smallest absolute Gasteiger partial charge is 0.340 e. The van der Waals surface area contributed by atoms with Gasteiger partial charge in [0.2, 0.25) is 5.78 Å². The minimum atomic E-state index is -0.980. The molecular formula is C23H31NO6. The fourth-order valence-electron chi connectivity index (χ4n) is 6.50. The second-order valence-electron chi connectivity index (χ2n) is 9.72. The van der Waals surface area contributed by atoms with Crippen molar-refractivity contribution in [2.75, 3.05) is 6.61 Å². The molecule has 164 valence electrons. The van der Waals surface area contributed by atoms with Crippen LogP contribution in [0.4, 0.5) is 0 Å². The van der Waals surface area contributed by atoms with Crippen LogP contribution >= 0.6 is 0 Å². The lowest BCUT2D eigenvalue weighted by Crippen LogP contribution is -2.58. The lowest BCUT2D eigenvalue weighted by atomic mass is 9.48. The molecule has 0 amide bonds. The standard InChI is InChI=1S/C23H31NO6/c1-5-29-20(26)17-12(2)18(24-13(17)3)19(25)14(4)30-21(27)22-7-15-6-16(8-22)10-23(28,9-15)11-22/h14-16,24,28H,5-11H2,1-4H3. The Morgan fingerprint density at radius 1 is 1.17 bits per heavy atom. The Hall–Kier alpha value is -2.15. The van der Waals surface area contributed by atoms with Gasteiger partial charge in [0, 0.05) is 5.69 Å². The van der Waals surface area contributed by atoms with Crippen LogP contribution in [-0.4, -0.2) is 46.1 Å². The largest absolute Gasteiger partial charge is 0.462 e. The van der Waals surface area contributed by atoms with Crippen LogP contribution in [0.5, 0.6) is 0 Å². The number of hydrogen-bond acceptors (Lipinski definition) is 6. The zero-order chi connectivity index (χ0) is 21.8. The third kappa shape index (κ3) is 3.37. The zero-order valence-electron chi connectivity index (χ0n) is 18.2. The highest BCUT2D eigenvalue weighted by Gasteiger charge is 2.61. The lowest BCUT2D eigenvalue weighted by Gasteiger charge is -2.58. The first kappa shape index (κ1) is 21.1. The molecule has 7 nitrogen and oxygen atoms in total. The molecule has 4 saturated carbocycles. The average Bonchev–Trinajstić information content (AvgIpc) is 2.93. The van der Waals surface area contributed by atoms with E-state index >= 15 is 0 Å². The first-order valence-electron chi connectivity index (χ1n) is 10.9. The van der Waals surface area contributed by atoms with E-state index < -0.39 is 23.1 Å². The molecule has 4 bridgehead atoms. The molecular weight excluding hydrogens is 386 g/mol. The first-order valence-corrected chi connectivity index (χ1v) is 10.9. The van der Waals surface area contributed by atoms with Gasteiger partial charge < -0.3 is 19.6 Å². The van der Waals surface area contributed by atoms with E-state index in [0.29, 0.717) is 35.1 Å². The summed E-state index contributed by atoms with van der Waals surface area (Å²) in [5, 5.41) is 10.9. The molecule has 4 aliphatic carbocycles. The number of aliphatic hydroxyl groups is 1. The normalized spacial score (nSPS) is 32.7. The number of rotatable bonds is 6. The molecule has 3 atom stereocenters. The SMILES string of the molecule is CCOC(=O)c1c(C)[nH]c(C(=O)C(C)OC(=O)C23CC4CC(CC(O)(C4)C2)C3)c1C. The van der Waals surface area contributed by atoms with Crippen molar-refractivity contribution < 1.29 is 29.0 Å². The molecule has 1 heterocycles. The third-order valence-electron chi connectivity index (χ3n) is 7.28. The van der Waals surface area contributed by atoms with Crippen LogP contribution in [0.2, 0.25) is 0 Å². The van der Waals surface area contributed by atoms with Crippen molar-refractivity contribution in [2.45, 2.75) is 77.9 Å². The quantitative estimate of drug-likeness (QED) is 0.544. The highest BCUT2D eigenvalue weighted by atomic mass is 16.5. The summed E-state index contributed by atoms with van der Waals surface area (Å²) in [5.74, 6) is -0.509. The van der Waals surface area contributed by atoms with Crippen molar-refractivity contribution >= 4 is 17.7 Å². The molecule has 5 rings (SSSR count). The van der Waals surface area contributed by atoms with Gasteiger partial charge in [-0.05, 0) is 83.6 Å². The summed E-state index contributed by atoms with van der Waals surface area (Å²) in [6, 6.07) is 0. The Bertz CT molecular complexity index is 886. The third-order valence-corrected chi connectivity index (χ3v) is 7.28. The highest BCUT2D eigenvalue weighted by Crippen LogP contribution is 2.62. The summed E-state index contributed by atoms with van der Waals surface area (Å²) in [6.45, 7) is 6.93. The average molecular weight is 418 g/mol. The minimum absolute atomic E-state index is 0.247. The van der Waals surface area contributed by atoms with Gasteiger partial charge in [-0.15, -0.1) is 0 Å². The number of hydrogen-bond donors (Lipinski definition) is 2. The maximum Gasteiger partial charge on any atom is 0.340 e. The zero-order valence-corrected chi connectivity index (χ0v) is 18.2. The maximum absolute atomic E-state index is 13.2. The molecule has 0 aliphatic heterocycles. The molecule has 30 heavy (non-hydrogen) atoms. The van der Waals surface area contributed by atoms with E-state index in [1.807, 2.05) is 0 Å². The molecule has 0 radical (unpaired) electrons. The summed E-state index contributed by atoms with van der Waals surface area (Å²) in [5.41, 5.74) is 0.225. The Morgan fingerprint density at radius 3 is 2.37 bits per heavy atom. The maximum atomic E-state index is 13.2. The van der Waals surface area contributed by atoms with Crippen molar-refractivity contribution in [3.8, 4) is 0 Å². The van der Waals surface area contributed by atoms with Crippen molar-refractivity contribution in [3.05, 3.63) is 22.5 Å². The fourth-order valence-corrected chi connectivity index (χ4v) is 6.50. The molecule has 2 N–H and O–H groups in total. The van der Waals surface area contributed by atoms with Gasteiger partial charge in [0.25, 0.3) is 0 Å². The summed E-state index contributed by atoms with van der Waals surface area (Å²) in [7, 11) is 0. The second kappa shape index (κ2) is 7.22. The van der Waals surface area contributed by atoms with Crippen molar-refractivity contribution in [3.63, 3.8) is 0 Å². The predicted molar refractivity (Wildman–Crippen MR) is 108 cm³/mol. The van der Waals surface area contributed by atoms with Crippen LogP contribution in [0, 0.1) is 31.1 Å². The molecule has 0 spiro atoms. The predicted octanol–water partition coefficient (Wildman–Crippen LogP) is 3.25. The van der Waals surface area contributed by atoms with E-state index in [4.69, 9.17) is 9.47 Å². The van der Waals surface area contributed by atoms with Gasteiger partial charge in [-0.3, -0.25) is 9.59 Å². The second-order valence-corrected chi connectivity index (χ2v) is 9.72. The van der Waals surface area contributed by atoms with Crippen molar-refractivity contribution in [1.29, 1.82) is 0 Å². The number of ketones is 1. The van der Waals surface area contributed by atoms with Crippen LogP contribution in [0.1, 0.15) is 84.5 Å². The number of aryl methyl sites for hydroxylation is 1. The molecule has 0 saturated heterocycles. The number of ether oxygens (including phenoxy) is 2. The van der Waals surface area contributed by atoms with Crippen LogP contribution in [0.15, 0.2) is 0 Å². The van der Waals surface area contributed by atoms with Crippen LogP contribution in [-0.2, 0) is 14.3 Å². The number of H-pyrrole nitrogens is 1. The lowest BCUT2D eigenvalue weighted by molar-refractivity contribution is -0.198. The van der Waals surface area contributed by atoms with Gasteiger partial charge in [0.1, 0.15) is 0 Å². The van der Waals surface area contributed by atoms with Gasteiger partial charge in [0.05, 0.1) is 28.9 Å². The van der Waals surface area contributed by atoms with Crippen molar-refractivity contribution in [2.24, 2.45) is 17.3 Å². The summed E-state index contributed by atoms with van der Waals surface area (Å²) < 4.78 is 10.7. The Labute approximate surface area is 176 Å². The molecule has 3 unspecified atom stereocenters. The van der Waals surface area contributed by atoms with Gasteiger partial charge in [-0.1, -0.05) is 0 Å². The highest BCUT2D eigenvalue weighted by molar-refractivity contribution is 6.04. The van der Waals surface area contributed by atoms with E-state index in [0.717, 1.165) is 32.1 Å². The molecule has 4 aliphatic rings. The number of Topliss-reactive ketones (excluding diaryl/α,β-unsaturated/α-hetero) is 1. The number of carbonyl (C=O) groups excluding carboxylic acids is 3. The number of esters is 2. The van der Waals surface area contributed by atoms with Gasteiger partial charge in [-0.2, -0.15) is 0 Å². The number of aromatic amines is 1. The van der Waals surface area contributed by atoms with E-state index in [2.05, 4.69) is 4.98 Å². The first-order chi connectivity index (χ1) is 14.1. The molecule has 1 aromatic rings. The van der Waals surface area contributed by atoms with Gasteiger partial charge in [0.15, 0.2) is 6.10 Å². The number of nitrogens with one attached hydrogen (secondary N) is 1. The topological polar surface area (TPSA) is 106 Å². The molecule has 1 aromatic heterocycles. The van der Waals surface area contributed by atoms with Crippen LogP contribution < -0.4 is 0 Å². The van der Waals surface area contributed by atoms with E-state index in [-0.39, 0.29) is 24.1 Å². The van der Waals surface area contributed by atoms with Gasteiger partial charge in [-0.25, -0.2) is 4.79 Å². The van der Waals surface area contributed by atoms with E-state index in [9.17, 15) is 19.5 Å². The molecule has 0 aromatic carbocycles. The number of aromatic nitrogens is 1. The van der Waals surface area contributed by atoms with Crippen LogP contribution in [0.25, 0.3) is 0 Å². The van der Waals surface area contributed by atoms with E-state index in [1.54, 1.807) is 27.7 Å². The van der Waals surface area contributed by atoms with E-state index in [1.165, 1.54) is 0 Å². The summed E-state index contributed by atoms with van der Waals surface area (Å²) in [6.07, 6.45) is 3.53. The van der Waals surface area contributed by atoms with Crippen molar-refractivity contribution in [1.82, 2.24) is 4.98 Å². The Balaban J connectivity index is 1.50. The fraction of sp³-hybridized carbons (Fsp3) is 0.696. The van der Waals surface area contributed by atoms with Crippen LogP contribution in [0.3, 0.4) is 0 Å². The van der Waals surface area contributed by atoms with Gasteiger partial charge >= 0.3 is 11.9 Å². The Kier molecular flexibility index (Phi) is 5.08. The minimum Gasteiger partial charge on any atom is -0.462 e. The monoisotopic (exact) mass is 417 g/mol. The summed E-state index contributed by atoms with van der Waals surface area (Å²) in [4.78, 5) is 41.4. The Morgan fingerprint density at radius 2 is 1.80 bits per heavy atom. The summed E-state index contributed by atoms with van der Waals surface area (Å²) >= 11 is 0. The molecule has 7 heteroatoms. The number of carbonyl (C=O) groups is 3. The molecule has 4 fully saturated rings.